The van der Waals surface area contributed by atoms with Crippen molar-refractivity contribution in [3.05, 3.63) is 127 Å². The second-order valence-electron chi connectivity index (χ2n) is 22.6. The molecule has 0 aliphatic carbocycles. The predicted octanol–water partition coefficient (Wildman–Crippen LogP) is 12.0. The standard InChI is InChI=1S/C12H24O2Si.C8H16O2Si.C7H6F6O2.C6H11O4P.C6H11O3P.C6H10O2.C5H10O2.C4H6O4S.C4H6O3S.C4H8O2/c1-8-10-9-13-15(14-10,11(2,3)4)12(5,6)7;1-4-8-7-9-11(5-2,6-3)10-8;1-2-4-3-14-5(15-4,6(8,9)10)7(11,12)13;1-3-6-5-9-11(7,10-6)8-4-2;1-3-6-5-8-10(9-6)7-4-2;1-2-6-5-7-3-4-8-6;1-3-5(4-6)7-2;1-2-4-3-7-9(5,6)8-4;1-2-4-3-6-8(5)7-4;1-2-4(6)3-5/h8,10H,1,9H2,2-7H3;4,8H,1,5-7H2,2-3H3;2,4H,1,3H2;3,6H,1,4-5H2,2H3;3,6H,1,4-5H2,2H3;2,6H,1,3-5H2;3,5-6H,1,4H2,2H3;2,4H,1,3H2;2,4H,1,3H2;2,4-6H,1,3H2. The van der Waals surface area contributed by atoms with Crippen LogP contribution in [0, 0.1) is 0 Å². The van der Waals surface area contributed by atoms with Crippen LogP contribution in [0.5, 0.6) is 0 Å². The minimum absolute atomic E-state index is 0.0139. The number of hydrogen-bond donors (Lipinski definition) is 3. The van der Waals surface area contributed by atoms with Crippen molar-refractivity contribution in [1.82, 2.24) is 0 Å². The highest BCUT2D eigenvalue weighted by Crippen LogP contribution is 2.56. The van der Waals surface area contributed by atoms with Crippen LogP contribution in [0.1, 0.15) is 69.2 Å². The summed E-state index contributed by atoms with van der Waals surface area (Å²) in [6.45, 7) is 60.5. The maximum Gasteiger partial charge on any atom is 0.475 e. The molecular formula is C62H108F6O26P2S2Si2. The van der Waals surface area contributed by atoms with Crippen molar-refractivity contribution in [1.29, 1.82) is 0 Å². The van der Waals surface area contributed by atoms with Crippen LogP contribution in [0.4, 0.5) is 26.3 Å². The van der Waals surface area contributed by atoms with Crippen LogP contribution in [-0.2, 0) is 112 Å². The van der Waals surface area contributed by atoms with E-state index in [-0.39, 0.29) is 79.2 Å². The summed E-state index contributed by atoms with van der Waals surface area (Å²) in [7, 11) is -10.4. The topological polar surface area (TPSA) is 304 Å². The molecule has 8 fully saturated rings. The van der Waals surface area contributed by atoms with E-state index in [0.717, 1.165) is 31.4 Å². The first kappa shape index (κ1) is 99.3. The van der Waals surface area contributed by atoms with E-state index in [4.69, 9.17) is 69.6 Å². The summed E-state index contributed by atoms with van der Waals surface area (Å²) in [5.41, 5.74) is 0. The van der Waals surface area contributed by atoms with Crippen molar-refractivity contribution in [3.63, 3.8) is 0 Å². The summed E-state index contributed by atoms with van der Waals surface area (Å²) >= 11 is -1.52. The van der Waals surface area contributed by atoms with Crippen LogP contribution in [-0.4, -0.2) is 224 Å². The molecule has 100 heavy (non-hydrogen) atoms. The van der Waals surface area contributed by atoms with E-state index < -0.39 is 98.4 Å². The van der Waals surface area contributed by atoms with Gasteiger partial charge in [0.25, 0.3) is 0 Å². The molecule has 8 aliphatic rings. The van der Waals surface area contributed by atoms with Crippen LogP contribution in [0.25, 0.3) is 0 Å². The fraction of sp³-hybridized carbons (Fsp3) is 0.677. The van der Waals surface area contributed by atoms with Crippen LogP contribution < -0.4 is 0 Å². The molecule has 8 rings (SSSR count). The van der Waals surface area contributed by atoms with Crippen molar-refractivity contribution in [2.45, 2.75) is 171 Å². The zero-order chi connectivity index (χ0) is 77.2. The van der Waals surface area contributed by atoms with Crippen molar-refractivity contribution in [2.24, 2.45) is 0 Å². The molecule has 0 aromatic heterocycles. The van der Waals surface area contributed by atoms with Crippen molar-refractivity contribution in [3.8, 4) is 0 Å². The summed E-state index contributed by atoms with van der Waals surface area (Å²) in [5, 5.41) is 24.8. The molecule has 0 spiro atoms. The third-order valence-electron chi connectivity index (χ3n) is 13.3. The first-order valence-corrected chi connectivity index (χ1v) is 40.2. The summed E-state index contributed by atoms with van der Waals surface area (Å²) in [4.78, 5) is 0. The van der Waals surface area contributed by atoms with Gasteiger partial charge < -0.3 is 70.3 Å². The summed E-state index contributed by atoms with van der Waals surface area (Å²) in [6, 6.07) is 2.10. The number of phosphoric acid groups is 1. The van der Waals surface area contributed by atoms with Gasteiger partial charge in [0.1, 0.15) is 30.5 Å². The monoisotopic (exact) mass is 1560 g/mol. The molecule has 0 aromatic rings. The Balaban J connectivity index is 0. The lowest BCUT2D eigenvalue weighted by atomic mass is 10.2. The Hall–Kier alpha value is -2.71. The molecule has 8 saturated heterocycles. The normalized spacial score (nSPS) is 28.6. The van der Waals surface area contributed by atoms with Crippen molar-refractivity contribution >= 4 is 55.3 Å². The Morgan fingerprint density at radius 2 is 1.19 bits per heavy atom. The number of ether oxygens (including phenoxy) is 5. The number of aliphatic hydroxyl groups is 3. The van der Waals surface area contributed by atoms with Gasteiger partial charge in [0.15, 0.2) is 0 Å². The molecule has 26 nitrogen and oxygen atoms in total. The molecule has 13 atom stereocenters. The molecule has 8 heterocycles. The third kappa shape index (κ3) is 36.1. The smallest absolute Gasteiger partial charge is 0.393 e. The fourth-order valence-electron chi connectivity index (χ4n) is 8.01. The Bertz CT molecular complexity index is 2490. The average Bonchev–Trinajstić information content (AvgIpc) is 1.55. The highest BCUT2D eigenvalue weighted by Gasteiger charge is 2.77. The Morgan fingerprint density at radius 3 is 1.45 bits per heavy atom. The van der Waals surface area contributed by atoms with Gasteiger partial charge in [-0.1, -0.05) is 116 Å². The van der Waals surface area contributed by atoms with Crippen molar-refractivity contribution in [2.75, 3.05) is 99.6 Å². The number of hydrogen-bond acceptors (Lipinski definition) is 26. The van der Waals surface area contributed by atoms with Gasteiger partial charge in [-0.25, -0.2) is 12.9 Å². The summed E-state index contributed by atoms with van der Waals surface area (Å²) in [5.74, 6) is -4.53. The first-order valence-electron chi connectivity index (χ1n) is 31.2. The minimum atomic E-state index is -5.68. The number of halogens is 6. The molecule has 3 N–H and O–H groups in total. The fourth-order valence-corrected chi connectivity index (χ4v) is 19.2. The Labute approximate surface area is 593 Å². The Morgan fingerprint density at radius 1 is 0.650 bits per heavy atom. The molecule has 0 radical (unpaired) electrons. The third-order valence-corrected chi connectivity index (χ3v) is 26.5. The molecule has 0 bridgehead atoms. The number of aliphatic hydroxyl groups excluding tert-OH is 3. The largest absolute Gasteiger partial charge is 0.475 e. The number of phosphoric ester groups is 1. The van der Waals surface area contributed by atoms with Gasteiger partial charge in [-0.05, 0) is 25.9 Å². The molecular weight excluding hydrogens is 1460 g/mol. The lowest BCUT2D eigenvalue weighted by Crippen LogP contribution is -2.58. The molecule has 0 saturated carbocycles. The zero-order valence-corrected chi connectivity index (χ0v) is 64.6. The van der Waals surface area contributed by atoms with Gasteiger partial charge in [0.2, 0.25) is 0 Å². The van der Waals surface area contributed by atoms with Gasteiger partial charge >= 0.3 is 73.4 Å². The quantitative estimate of drug-likeness (QED) is 0.0468. The molecule has 13 unspecified atom stereocenters. The van der Waals surface area contributed by atoms with E-state index in [1.54, 1.807) is 37.3 Å². The van der Waals surface area contributed by atoms with Crippen LogP contribution in [0.2, 0.25) is 22.2 Å². The van der Waals surface area contributed by atoms with Gasteiger partial charge in [0.05, 0.1) is 123 Å². The molecule has 0 amide bonds. The van der Waals surface area contributed by atoms with Gasteiger partial charge in [-0.2, -0.15) is 39.0 Å². The molecule has 0 aromatic carbocycles. The van der Waals surface area contributed by atoms with Crippen LogP contribution in [0.3, 0.4) is 0 Å². The number of rotatable bonds is 19. The SMILES string of the molecule is C=CC(CO)OC.C=CC(O)CO.C=CC1COC(C(F)(F)F)(C(F)(F)F)O1.C=CC1COCCO1.C=CC1COP(=O)(OCC)O1.C=CC1COP(OCC)O1.C=CC1COS(=O)(=O)O1.C=CC1COS(=O)O1.C=CC1CO[Si](C(C)(C)C)(C(C)(C)C)O1.C=CC1CO[Si](CC)(CC)O1. The summed E-state index contributed by atoms with van der Waals surface area (Å²) < 4.78 is 210. The highest BCUT2D eigenvalue weighted by atomic mass is 32.3. The van der Waals surface area contributed by atoms with E-state index in [1.807, 2.05) is 19.1 Å². The molecule has 8 aliphatic heterocycles. The molecule has 584 valence electrons. The van der Waals surface area contributed by atoms with Crippen molar-refractivity contribution < 1.29 is 144 Å². The van der Waals surface area contributed by atoms with Crippen LogP contribution in [0.15, 0.2) is 127 Å². The maximum atomic E-state index is 12.2. The van der Waals surface area contributed by atoms with E-state index in [1.165, 1.54) is 19.3 Å². The summed E-state index contributed by atoms with van der Waals surface area (Å²) in [6.07, 6.45) is 0.987. The van der Waals surface area contributed by atoms with E-state index in [0.29, 0.717) is 46.2 Å². The van der Waals surface area contributed by atoms with Crippen LogP contribution >= 0.6 is 16.4 Å². The number of alkyl halides is 6. The first-order chi connectivity index (χ1) is 46.7. The van der Waals surface area contributed by atoms with Gasteiger partial charge in [0, 0.05) is 17.2 Å². The van der Waals surface area contributed by atoms with Gasteiger partial charge in [-0.15, -0.1) is 65.8 Å². The predicted molar refractivity (Wildman–Crippen MR) is 371 cm³/mol. The maximum absolute atomic E-state index is 12.2. The second kappa shape index (κ2) is 50.0. The average molecular weight is 1570 g/mol. The van der Waals surface area contributed by atoms with Gasteiger partial charge in [-0.3, -0.25) is 21.9 Å². The highest BCUT2D eigenvalue weighted by molar-refractivity contribution is 7.82. The van der Waals surface area contributed by atoms with E-state index in [2.05, 4.69) is 152 Å². The second-order valence-corrected chi connectivity index (χ2v) is 36.0. The Kier molecular flexibility index (Phi) is 49.6. The lowest BCUT2D eigenvalue weighted by molar-refractivity contribution is -0.442. The lowest BCUT2D eigenvalue weighted by Gasteiger charge is -2.45. The molecule has 38 heteroatoms. The van der Waals surface area contributed by atoms with E-state index >= 15 is 0 Å². The minimum Gasteiger partial charge on any atom is -0.393 e. The van der Waals surface area contributed by atoms with E-state index in [9.17, 15) is 43.5 Å². The zero-order valence-electron chi connectivity index (χ0n) is 59.1. The number of methoxy groups -OCH3 is 1.